The molecule has 2 fully saturated rings. The van der Waals surface area contributed by atoms with Crippen LogP contribution in [0.3, 0.4) is 0 Å². The molecule has 0 aromatic rings. The Bertz CT molecular complexity index is 390. The van der Waals surface area contributed by atoms with E-state index in [9.17, 15) is 9.59 Å². The fourth-order valence-corrected chi connectivity index (χ4v) is 3.01. The van der Waals surface area contributed by atoms with Crippen LogP contribution in [0.5, 0.6) is 0 Å². The monoisotopic (exact) mass is 324 g/mol. The summed E-state index contributed by atoms with van der Waals surface area (Å²) in [6.07, 6.45) is 7.08. The quantitative estimate of drug-likeness (QED) is 0.612. The van der Waals surface area contributed by atoms with Gasteiger partial charge in [-0.15, -0.1) is 0 Å². The number of unbranched alkanes of at least 4 members (excludes halogenated alkanes) is 3. The van der Waals surface area contributed by atoms with Gasteiger partial charge in [0.1, 0.15) is 0 Å². The van der Waals surface area contributed by atoms with Crippen LogP contribution in [0.4, 0.5) is 0 Å². The summed E-state index contributed by atoms with van der Waals surface area (Å²) in [5.41, 5.74) is 5.47. The summed E-state index contributed by atoms with van der Waals surface area (Å²) in [5, 5.41) is 3.06. The Morgan fingerprint density at radius 2 is 1.74 bits per heavy atom. The summed E-state index contributed by atoms with van der Waals surface area (Å²) >= 11 is 0. The lowest BCUT2D eigenvalue weighted by Crippen LogP contribution is -2.55. The summed E-state index contributed by atoms with van der Waals surface area (Å²) in [6, 6.07) is 0.316. The van der Waals surface area contributed by atoms with Gasteiger partial charge in [-0.3, -0.25) is 14.5 Å². The minimum Gasteiger partial charge on any atom is -0.352 e. The molecule has 3 N–H and O–H groups in total. The number of rotatable bonds is 9. The molecule has 1 saturated carbocycles. The van der Waals surface area contributed by atoms with Gasteiger partial charge < -0.3 is 16.0 Å². The molecule has 0 radical (unpaired) electrons. The smallest absolute Gasteiger partial charge is 0.237 e. The Hall–Kier alpha value is -1.14. The highest BCUT2D eigenvalue weighted by Crippen LogP contribution is 2.19. The molecule has 132 valence electrons. The van der Waals surface area contributed by atoms with Crippen molar-refractivity contribution >= 4 is 11.8 Å². The van der Waals surface area contributed by atoms with Crippen molar-refractivity contribution in [2.24, 2.45) is 5.73 Å². The second-order valence-corrected chi connectivity index (χ2v) is 6.83. The minimum absolute atomic E-state index is 0.0934. The molecule has 1 unspecified atom stereocenters. The van der Waals surface area contributed by atoms with E-state index in [-0.39, 0.29) is 17.9 Å². The third-order valence-electron chi connectivity index (χ3n) is 4.86. The highest BCUT2D eigenvalue weighted by atomic mass is 16.2. The summed E-state index contributed by atoms with van der Waals surface area (Å²) < 4.78 is 0. The van der Waals surface area contributed by atoms with E-state index in [0.717, 1.165) is 71.2 Å². The summed E-state index contributed by atoms with van der Waals surface area (Å²) in [4.78, 5) is 28.4. The Kier molecular flexibility index (Phi) is 7.30. The van der Waals surface area contributed by atoms with Crippen molar-refractivity contribution in [2.45, 2.75) is 64.0 Å². The number of nitrogens with zero attached hydrogens (tertiary/aromatic N) is 2. The Balaban J connectivity index is 1.62. The van der Waals surface area contributed by atoms with Gasteiger partial charge in [-0.2, -0.15) is 0 Å². The number of carbonyl (C=O) groups excluding carboxylic acids is 2. The van der Waals surface area contributed by atoms with Crippen LogP contribution in [0.1, 0.15) is 51.9 Å². The topological polar surface area (TPSA) is 78.7 Å². The van der Waals surface area contributed by atoms with E-state index < -0.39 is 0 Å². The first kappa shape index (κ1) is 18.2. The zero-order chi connectivity index (χ0) is 16.7. The van der Waals surface area contributed by atoms with E-state index >= 15 is 0 Å². The van der Waals surface area contributed by atoms with Gasteiger partial charge in [0.2, 0.25) is 11.8 Å². The first-order valence-corrected chi connectivity index (χ1v) is 9.14. The van der Waals surface area contributed by atoms with Gasteiger partial charge in [-0.25, -0.2) is 0 Å². The Labute approximate surface area is 139 Å². The van der Waals surface area contributed by atoms with E-state index in [4.69, 9.17) is 5.73 Å². The Morgan fingerprint density at radius 3 is 2.35 bits per heavy atom. The number of hydrogen-bond donors (Lipinski definition) is 2. The third-order valence-corrected chi connectivity index (χ3v) is 4.86. The summed E-state index contributed by atoms with van der Waals surface area (Å²) in [5.74, 6) is 0.389. The van der Waals surface area contributed by atoms with Crippen molar-refractivity contribution in [3.8, 4) is 0 Å². The van der Waals surface area contributed by atoms with E-state index in [1.807, 2.05) is 11.8 Å². The molecule has 0 bridgehead atoms. The first-order chi connectivity index (χ1) is 11.1. The molecule has 6 heteroatoms. The lowest BCUT2D eigenvalue weighted by atomic mass is 10.1. The molecule has 2 rings (SSSR count). The van der Waals surface area contributed by atoms with Crippen molar-refractivity contribution in [3.05, 3.63) is 0 Å². The number of carbonyl (C=O) groups is 2. The molecule has 1 heterocycles. The largest absolute Gasteiger partial charge is 0.352 e. The van der Waals surface area contributed by atoms with Gasteiger partial charge in [-0.05, 0) is 39.2 Å². The molecule has 1 aliphatic carbocycles. The molecule has 1 atom stereocenters. The van der Waals surface area contributed by atoms with Crippen LogP contribution >= 0.6 is 0 Å². The zero-order valence-corrected chi connectivity index (χ0v) is 14.4. The molecule has 23 heavy (non-hydrogen) atoms. The van der Waals surface area contributed by atoms with Gasteiger partial charge in [0.05, 0.1) is 6.04 Å². The van der Waals surface area contributed by atoms with Crippen LogP contribution in [-0.2, 0) is 9.59 Å². The van der Waals surface area contributed by atoms with Gasteiger partial charge >= 0.3 is 0 Å². The van der Waals surface area contributed by atoms with Crippen LogP contribution in [0.15, 0.2) is 0 Å². The van der Waals surface area contributed by atoms with Crippen molar-refractivity contribution in [2.75, 3.05) is 32.7 Å². The van der Waals surface area contributed by atoms with Gasteiger partial charge in [0.25, 0.3) is 0 Å². The second-order valence-electron chi connectivity index (χ2n) is 6.83. The highest BCUT2D eigenvalue weighted by molar-refractivity contribution is 5.82. The highest BCUT2D eigenvalue weighted by Gasteiger charge is 2.30. The van der Waals surface area contributed by atoms with E-state index in [1.165, 1.54) is 0 Å². The molecule has 1 saturated heterocycles. The van der Waals surface area contributed by atoms with Crippen LogP contribution in [0.2, 0.25) is 0 Å². The number of piperazine rings is 1. The van der Waals surface area contributed by atoms with Crippen molar-refractivity contribution in [3.63, 3.8) is 0 Å². The Morgan fingerprint density at radius 1 is 1.09 bits per heavy atom. The second kappa shape index (κ2) is 9.23. The van der Waals surface area contributed by atoms with Gasteiger partial charge in [0.15, 0.2) is 0 Å². The summed E-state index contributed by atoms with van der Waals surface area (Å²) in [7, 11) is 0. The third kappa shape index (κ3) is 6.11. The summed E-state index contributed by atoms with van der Waals surface area (Å²) in [6.45, 7) is 5.76. The fraction of sp³-hybridized carbons (Fsp3) is 0.882. The van der Waals surface area contributed by atoms with Gasteiger partial charge in [0, 0.05) is 38.6 Å². The van der Waals surface area contributed by atoms with Crippen molar-refractivity contribution in [1.82, 2.24) is 15.1 Å². The predicted octanol–water partition coefficient (Wildman–Crippen LogP) is 0.707. The fourth-order valence-electron chi connectivity index (χ4n) is 3.01. The van der Waals surface area contributed by atoms with E-state index in [2.05, 4.69) is 10.2 Å². The van der Waals surface area contributed by atoms with Crippen molar-refractivity contribution < 1.29 is 9.59 Å². The number of nitrogens with one attached hydrogen (secondary N) is 1. The zero-order valence-electron chi connectivity index (χ0n) is 14.4. The normalized spacial score (nSPS) is 20.3. The number of hydrogen-bond acceptors (Lipinski definition) is 4. The van der Waals surface area contributed by atoms with Crippen LogP contribution in [0.25, 0.3) is 0 Å². The average molecular weight is 324 g/mol. The van der Waals surface area contributed by atoms with Crippen LogP contribution in [0, 0.1) is 0 Å². The SMILES string of the molecule is CC(C(=O)NC1CC1)N1CCN(C(=O)CCCCCCN)CC1. The molecular weight excluding hydrogens is 292 g/mol. The van der Waals surface area contributed by atoms with Crippen LogP contribution in [-0.4, -0.2) is 66.4 Å². The maximum absolute atomic E-state index is 12.2. The number of amides is 2. The molecule has 0 spiro atoms. The van der Waals surface area contributed by atoms with Crippen molar-refractivity contribution in [1.29, 1.82) is 0 Å². The minimum atomic E-state index is -0.0934. The number of nitrogens with two attached hydrogens (primary N) is 1. The maximum atomic E-state index is 12.2. The van der Waals surface area contributed by atoms with E-state index in [0.29, 0.717) is 12.5 Å². The first-order valence-electron chi connectivity index (χ1n) is 9.14. The molecule has 0 aromatic heterocycles. The van der Waals surface area contributed by atoms with Gasteiger partial charge in [-0.1, -0.05) is 12.8 Å². The predicted molar refractivity (Wildman–Crippen MR) is 90.9 cm³/mol. The van der Waals surface area contributed by atoms with E-state index in [1.54, 1.807) is 0 Å². The maximum Gasteiger partial charge on any atom is 0.237 e. The molecule has 1 aliphatic heterocycles. The molecule has 2 amide bonds. The molecule has 0 aromatic carbocycles. The lowest BCUT2D eigenvalue weighted by molar-refractivity contribution is -0.134. The lowest BCUT2D eigenvalue weighted by Gasteiger charge is -2.37. The standard InChI is InChI=1S/C17H32N4O2/c1-14(17(23)19-15-7-8-15)20-10-12-21(13-11-20)16(22)6-4-2-3-5-9-18/h14-15H,2-13,18H2,1H3,(H,19,23). The molecular formula is C17H32N4O2. The molecule has 2 aliphatic rings. The molecule has 6 nitrogen and oxygen atoms in total. The van der Waals surface area contributed by atoms with Crippen LogP contribution < -0.4 is 11.1 Å². The average Bonchev–Trinajstić information content (AvgIpc) is 3.38.